The van der Waals surface area contributed by atoms with Crippen molar-refractivity contribution < 1.29 is 14.3 Å². The minimum Gasteiger partial charge on any atom is -0.493 e. The highest BCUT2D eigenvalue weighted by atomic mass is 16.5. The van der Waals surface area contributed by atoms with Crippen LogP contribution in [-0.2, 0) is 4.79 Å². The van der Waals surface area contributed by atoms with Crippen LogP contribution in [0.25, 0.3) is 6.08 Å². The maximum atomic E-state index is 12.2. The molecule has 2 fully saturated rings. The van der Waals surface area contributed by atoms with Gasteiger partial charge in [0, 0.05) is 30.5 Å². The van der Waals surface area contributed by atoms with Crippen LogP contribution in [0.1, 0.15) is 56.1 Å². The fourth-order valence-electron chi connectivity index (χ4n) is 5.32. The van der Waals surface area contributed by atoms with E-state index in [1.165, 1.54) is 16.7 Å². The molecular formula is C27H34N2O3. The summed E-state index contributed by atoms with van der Waals surface area (Å²) in [6.45, 7) is 3.03. The molecule has 2 aromatic carbocycles. The highest BCUT2D eigenvalue weighted by Crippen LogP contribution is 2.47. The van der Waals surface area contributed by atoms with Gasteiger partial charge in [-0.2, -0.15) is 0 Å². The predicted molar refractivity (Wildman–Crippen MR) is 128 cm³/mol. The van der Waals surface area contributed by atoms with Crippen molar-refractivity contribution in [2.24, 2.45) is 0 Å². The van der Waals surface area contributed by atoms with E-state index in [0.29, 0.717) is 12.5 Å². The van der Waals surface area contributed by atoms with Gasteiger partial charge in [0.05, 0.1) is 14.2 Å². The summed E-state index contributed by atoms with van der Waals surface area (Å²) in [7, 11) is 3.32. The summed E-state index contributed by atoms with van der Waals surface area (Å²) in [6.07, 6.45) is 6.76. The van der Waals surface area contributed by atoms with Crippen molar-refractivity contribution in [1.29, 1.82) is 0 Å². The van der Waals surface area contributed by atoms with Crippen molar-refractivity contribution in [3.8, 4) is 11.5 Å². The molecule has 170 valence electrons. The van der Waals surface area contributed by atoms with Crippen molar-refractivity contribution >= 4 is 12.0 Å². The van der Waals surface area contributed by atoms with Crippen molar-refractivity contribution in [3.63, 3.8) is 0 Å². The van der Waals surface area contributed by atoms with Gasteiger partial charge in [0.15, 0.2) is 11.5 Å². The first-order valence-electron chi connectivity index (χ1n) is 11.5. The first kappa shape index (κ1) is 22.4. The van der Waals surface area contributed by atoms with Crippen LogP contribution in [0.4, 0.5) is 0 Å². The Morgan fingerprint density at radius 3 is 2.59 bits per heavy atom. The van der Waals surface area contributed by atoms with Gasteiger partial charge in [-0.15, -0.1) is 0 Å². The Morgan fingerprint density at radius 2 is 1.91 bits per heavy atom. The number of ether oxygens (including phenoxy) is 2. The molecule has 32 heavy (non-hydrogen) atoms. The third kappa shape index (κ3) is 4.83. The molecule has 2 aliphatic rings. The number of hydrogen-bond acceptors (Lipinski definition) is 4. The van der Waals surface area contributed by atoms with Gasteiger partial charge >= 0.3 is 0 Å². The third-order valence-corrected chi connectivity index (χ3v) is 7.00. The van der Waals surface area contributed by atoms with Crippen molar-refractivity contribution in [2.45, 2.75) is 56.5 Å². The molecule has 1 spiro atoms. The molecule has 5 heteroatoms. The van der Waals surface area contributed by atoms with Crippen LogP contribution in [0.2, 0.25) is 0 Å². The number of nitrogens with one attached hydrogen (secondary N) is 2. The van der Waals surface area contributed by atoms with Gasteiger partial charge in [-0.1, -0.05) is 48.0 Å². The van der Waals surface area contributed by atoms with Gasteiger partial charge in [0.25, 0.3) is 0 Å². The minimum atomic E-state index is -0.163. The van der Waals surface area contributed by atoms with E-state index < -0.39 is 0 Å². The van der Waals surface area contributed by atoms with Crippen molar-refractivity contribution in [3.05, 3.63) is 65.2 Å². The van der Waals surface area contributed by atoms with Crippen LogP contribution in [0.15, 0.2) is 54.1 Å². The monoisotopic (exact) mass is 434 g/mol. The second-order valence-electron chi connectivity index (χ2n) is 9.12. The van der Waals surface area contributed by atoms with E-state index in [4.69, 9.17) is 9.47 Å². The molecule has 0 aromatic heterocycles. The largest absolute Gasteiger partial charge is 0.493 e. The minimum absolute atomic E-state index is 0.163. The van der Waals surface area contributed by atoms with Crippen LogP contribution in [0.5, 0.6) is 11.5 Å². The van der Waals surface area contributed by atoms with Gasteiger partial charge in [-0.05, 0) is 55.9 Å². The van der Waals surface area contributed by atoms with Gasteiger partial charge in [-0.3, -0.25) is 4.79 Å². The zero-order chi connectivity index (χ0) is 22.6. The van der Waals surface area contributed by atoms with E-state index in [1.54, 1.807) is 14.2 Å². The summed E-state index contributed by atoms with van der Waals surface area (Å²) < 4.78 is 11.0. The zero-order valence-electron chi connectivity index (χ0n) is 19.3. The highest BCUT2D eigenvalue weighted by molar-refractivity contribution is 5.79. The average Bonchev–Trinajstić information content (AvgIpc) is 3.19. The number of benzene rings is 2. The Hall–Kier alpha value is -2.79. The van der Waals surface area contributed by atoms with E-state index in [2.05, 4.69) is 60.0 Å². The molecule has 4 rings (SSSR count). The van der Waals surface area contributed by atoms with E-state index in [-0.39, 0.29) is 17.4 Å². The second kappa shape index (κ2) is 9.78. The summed E-state index contributed by atoms with van der Waals surface area (Å²) in [5.74, 6) is 1.87. The van der Waals surface area contributed by atoms with Gasteiger partial charge in [-0.25, -0.2) is 0 Å². The molecular weight excluding hydrogens is 400 g/mol. The van der Waals surface area contributed by atoms with Crippen molar-refractivity contribution in [2.75, 3.05) is 20.8 Å². The fourth-order valence-corrected chi connectivity index (χ4v) is 5.32. The quantitative estimate of drug-likeness (QED) is 0.664. The lowest BCUT2D eigenvalue weighted by Gasteiger charge is -2.45. The van der Waals surface area contributed by atoms with Gasteiger partial charge < -0.3 is 20.1 Å². The topological polar surface area (TPSA) is 59.6 Å². The summed E-state index contributed by atoms with van der Waals surface area (Å²) >= 11 is 0. The fraction of sp³-hybridized carbons (Fsp3) is 0.444. The number of carbonyl (C=O) groups is 1. The van der Waals surface area contributed by atoms with E-state index in [1.807, 2.05) is 12.1 Å². The average molecular weight is 435 g/mol. The Labute approximate surface area is 191 Å². The molecule has 1 aliphatic carbocycles. The predicted octanol–water partition coefficient (Wildman–Crippen LogP) is 4.68. The lowest BCUT2D eigenvalue weighted by atomic mass is 9.67. The van der Waals surface area contributed by atoms with Crippen LogP contribution < -0.4 is 20.1 Å². The number of hydrogen-bond donors (Lipinski definition) is 2. The van der Waals surface area contributed by atoms with Crippen LogP contribution >= 0.6 is 0 Å². The Kier molecular flexibility index (Phi) is 6.85. The van der Waals surface area contributed by atoms with E-state index in [0.717, 1.165) is 43.7 Å². The molecule has 3 atom stereocenters. The SMILES string of the molecule is COc1ccc([C@H]2C[C@@H](NC/C(C)=C/c3ccccc3)CC[C@]23CCC(=O)N3)cc1OC. The molecule has 1 aliphatic heterocycles. The molecule has 2 N–H and O–H groups in total. The second-order valence-corrected chi connectivity index (χ2v) is 9.12. The Morgan fingerprint density at radius 1 is 1.12 bits per heavy atom. The summed E-state index contributed by atoms with van der Waals surface area (Å²) in [4.78, 5) is 12.2. The van der Waals surface area contributed by atoms with Crippen molar-refractivity contribution in [1.82, 2.24) is 10.6 Å². The summed E-state index contributed by atoms with van der Waals surface area (Å²) in [5.41, 5.74) is 3.58. The molecule has 1 amide bonds. The normalized spacial score (nSPS) is 25.6. The molecule has 0 radical (unpaired) electrons. The number of amides is 1. The molecule has 0 bridgehead atoms. The van der Waals surface area contributed by atoms with Crippen LogP contribution in [-0.4, -0.2) is 38.3 Å². The van der Waals surface area contributed by atoms with E-state index >= 15 is 0 Å². The molecule has 2 aromatic rings. The number of methoxy groups -OCH3 is 2. The van der Waals surface area contributed by atoms with Crippen LogP contribution in [0.3, 0.4) is 0 Å². The molecule has 5 nitrogen and oxygen atoms in total. The Balaban J connectivity index is 1.51. The van der Waals surface area contributed by atoms with Gasteiger partial charge in [0.2, 0.25) is 5.91 Å². The third-order valence-electron chi connectivity index (χ3n) is 7.00. The molecule has 1 saturated heterocycles. The van der Waals surface area contributed by atoms with Gasteiger partial charge in [0.1, 0.15) is 0 Å². The molecule has 1 heterocycles. The maximum absolute atomic E-state index is 12.2. The smallest absolute Gasteiger partial charge is 0.220 e. The molecule has 0 unspecified atom stereocenters. The molecule has 1 saturated carbocycles. The highest BCUT2D eigenvalue weighted by Gasteiger charge is 2.48. The van der Waals surface area contributed by atoms with E-state index in [9.17, 15) is 4.79 Å². The Bertz CT molecular complexity index is 972. The maximum Gasteiger partial charge on any atom is 0.220 e. The summed E-state index contributed by atoms with van der Waals surface area (Å²) in [6, 6.07) is 17.0. The van der Waals surface area contributed by atoms with Crippen LogP contribution in [0, 0.1) is 0 Å². The number of carbonyl (C=O) groups excluding carboxylic acids is 1. The first-order chi connectivity index (χ1) is 15.5. The standard InChI is InChI=1S/C27H34N2O3/c1-19(15-20-7-5-4-6-8-20)18-28-22-11-13-27(14-12-26(30)29-27)23(17-22)21-9-10-24(31-2)25(16-21)32-3/h4-10,15-16,22-23,28H,11-14,17-18H2,1-3H3,(H,29,30)/b19-15+/t22-,23+,27-/m0/s1. The lowest BCUT2D eigenvalue weighted by molar-refractivity contribution is -0.120. The lowest BCUT2D eigenvalue weighted by Crippen LogP contribution is -2.53. The zero-order valence-corrected chi connectivity index (χ0v) is 19.3. The number of rotatable bonds is 7. The first-order valence-corrected chi connectivity index (χ1v) is 11.5. The summed E-state index contributed by atoms with van der Waals surface area (Å²) in [5, 5.41) is 7.12.